The summed E-state index contributed by atoms with van der Waals surface area (Å²) in [6.07, 6.45) is -0.188. The Morgan fingerprint density at radius 2 is 0.714 bits per heavy atom. The van der Waals surface area contributed by atoms with Gasteiger partial charge in [-0.05, 0) is 162 Å². The fourth-order valence-corrected chi connectivity index (χ4v) is 9.89. The summed E-state index contributed by atoms with van der Waals surface area (Å²) >= 11 is 0. The minimum Gasteiger partial charge on any atom is -0.494 e. The van der Waals surface area contributed by atoms with Crippen LogP contribution in [0, 0.1) is 41.5 Å². The smallest absolute Gasteiger partial charge is 0.323 e. The van der Waals surface area contributed by atoms with Crippen LogP contribution in [0.2, 0.25) is 0 Å². The Hall–Kier alpha value is -8.17. The average molecular weight is 1240 g/mol. The first-order chi connectivity index (χ1) is 39.4. The lowest BCUT2D eigenvalue weighted by Crippen LogP contribution is -2.20. The molecule has 6 rings (SSSR count). The zero-order chi connectivity index (χ0) is 61.7. The molecule has 0 aliphatic heterocycles. The molecule has 0 atom stereocenters. The van der Waals surface area contributed by atoms with Gasteiger partial charge >= 0.3 is 6.03 Å². The van der Waals surface area contributed by atoms with Gasteiger partial charge in [0, 0.05) is 35.6 Å². The molecule has 0 heterocycles. The second-order valence-electron chi connectivity index (χ2n) is 18.6. The van der Waals surface area contributed by atoms with Crippen molar-refractivity contribution in [1.29, 1.82) is 0 Å². The molecule has 448 valence electrons. The first kappa shape index (κ1) is 65.0. The van der Waals surface area contributed by atoms with Crippen molar-refractivity contribution in [2.45, 2.75) is 78.0 Å². The van der Waals surface area contributed by atoms with E-state index in [4.69, 9.17) is 18.9 Å². The number of hydrogen-bond donors (Lipinski definition) is 6. The van der Waals surface area contributed by atoms with E-state index in [2.05, 4.69) is 51.5 Å². The number of rotatable bonds is 26. The Balaban J connectivity index is 1.20. The van der Waals surface area contributed by atoms with Gasteiger partial charge in [0.1, 0.15) is 55.5 Å². The minimum absolute atomic E-state index is 0.0833. The van der Waals surface area contributed by atoms with Crippen LogP contribution < -0.4 is 29.6 Å². The Bertz CT molecular complexity index is 3810. The summed E-state index contributed by atoms with van der Waals surface area (Å²) in [5, 5.41) is 40.0. The summed E-state index contributed by atoms with van der Waals surface area (Å²) < 4.78 is 155. The number of benzene rings is 6. The summed E-state index contributed by atoms with van der Waals surface area (Å²) in [5.41, 5.74) is 5.47. The van der Waals surface area contributed by atoms with E-state index in [0.29, 0.717) is 56.1 Å². The standard InChI is InChI=1S/C53H60N10O17S4/c1-9-77-37-13-15-39(51(27-37)83(71,72)73)56-60-45-29-49(79-17-11-19-81(65,66)67)47(25-35(45)7)62-58-43-23-31(3)41(21-33(43)5)54-53(64)55-42-22-34(6)44(24-32(42)4)59-63-48-26-36(8)46(30-50(48)80-18-12-20-82(68,69)70)61-57-40-16-14-38(78-10-2)28-52(40)84(74,75)76/h13-16,21-30H,9-12,17-20H2,1-8H3,(H2,54,55,64)(H,65,66,67)(H,68,69,70)(H,71,72,73)(H,74,75,76). The molecule has 0 unspecified atom stereocenters. The van der Waals surface area contributed by atoms with Gasteiger partial charge in [-0.15, -0.1) is 20.5 Å². The fourth-order valence-electron chi connectivity index (χ4n) is 7.65. The van der Waals surface area contributed by atoms with Crippen LogP contribution in [0.1, 0.15) is 60.1 Å². The molecule has 6 aromatic carbocycles. The Morgan fingerprint density at radius 3 is 1.05 bits per heavy atom. The van der Waals surface area contributed by atoms with Gasteiger partial charge < -0.3 is 29.6 Å². The van der Waals surface area contributed by atoms with Crippen LogP contribution in [0.15, 0.2) is 136 Å². The summed E-state index contributed by atoms with van der Waals surface area (Å²) in [7, 11) is -18.1. The van der Waals surface area contributed by atoms with Crippen molar-refractivity contribution in [3.05, 3.63) is 118 Å². The topological polar surface area (TPSA) is 394 Å². The second-order valence-corrected chi connectivity index (χ2v) is 24.5. The third-order valence-corrected chi connectivity index (χ3v) is 15.2. The van der Waals surface area contributed by atoms with Gasteiger partial charge in [-0.25, -0.2) is 4.79 Å². The fraction of sp³-hybridized carbons (Fsp3) is 0.302. The van der Waals surface area contributed by atoms with Gasteiger partial charge in [0.25, 0.3) is 40.5 Å². The molecular weight excluding hydrogens is 1180 g/mol. The van der Waals surface area contributed by atoms with Crippen LogP contribution in [-0.2, 0) is 40.5 Å². The van der Waals surface area contributed by atoms with Crippen LogP contribution in [-0.4, -0.2) is 95.8 Å². The lowest BCUT2D eigenvalue weighted by atomic mass is 10.1. The van der Waals surface area contributed by atoms with Crippen molar-refractivity contribution in [2.75, 3.05) is 48.6 Å². The molecule has 0 spiro atoms. The molecule has 0 fully saturated rings. The van der Waals surface area contributed by atoms with Gasteiger partial charge in [-0.2, -0.15) is 54.1 Å². The van der Waals surface area contributed by atoms with Crippen LogP contribution in [0.25, 0.3) is 0 Å². The SMILES string of the molecule is CCOc1ccc(N=Nc2cc(OCCCS(=O)(=O)O)c(N=Nc3cc(C)c(NC(=O)Nc4cc(C)c(N=Nc5cc(C)c(N=Nc6ccc(OCC)cc6S(=O)(=O)O)cc5OCCCS(=O)(=O)O)cc4C)cc3C)cc2C)c(S(=O)(=O)O)c1. The van der Waals surface area contributed by atoms with E-state index in [-0.39, 0.29) is 96.4 Å². The Morgan fingerprint density at radius 1 is 0.405 bits per heavy atom. The van der Waals surface area contributed by atoms with Gasteiger partial charge in [0.05, 0.1) is 60.7 Å². The molecule has 0 aromatic heterocycles. The molecule has 0 radical (unpaired) electrons. The molecule has 0 aliphatic carbocycles. The van der Waals surface area contributed by atoms with E-state index in [1.54, 1.807) is 91.8 Å². The van der Waals surface area contributed by atoms with Crippen molar-refractivity contribution in [3.8, 4) is 23.0 Å². The first-order valence-corrected chi connectivity index (χ1v) is 31.4. The van der Waals surface area contributed by atoms with E-state index >= 15 is 0 Å². The number of amides is 2. The van der Waals surface area contributed by atoms with Crippen molar-refractivity contribution in [2.24, 2.45) is 40.9 Å². The third kappa shape index (κ3) is 18.9. The average Bonchev–Trinajstić information content (AvgIpc) is 2.59. The number of ether oxygens (including phenoxy) is 4. The number of nitrogens with zero attached hydrogens (tertiary/aromatic N) is 8. The van der Waals surface area contributed by atoms with Gasteiger partial charge in [0.2, 0.25) is 0 Å². The number of aryl methyl sites for hydroxylation is 6. The number of hydrogen-bond acceptors (Lipinski definition) is 21. The summed E-state index contributed by atoms with van der Waals surface area (Å²) in [4.78, 5) is 12.4. The molecule has 27 nitrogen and oxygen atoms in total. The largest absolute Gasteiger partial charge is 0.494 e. The Labute approximate surface area is 485 Å². The van der Waals surface area contributed by atoms with E-state index in [9.17, 15) is 56.7 Å². The maximum Gasteiger partial charge on any atom is 0.323 e. The minimum atomic E-state index is -4.74. The molecule has 2 amide bonds. The monoisotopic (exact) mass is 1240 g/mol. The molecule has 31 heteroatoms. The highest BCUT2D eigenvalue weighted by Crippen LogP contribution is 2.41. The van der Waals surface area contributed by atoms with Crippen molar-refractivity contribution >= 4 is 103 Å². The number of carbonyl (C=O) groups is 1. The van der Waals surface area contributed by atoms with Crippen LogP contribution in [0.5, 0.6) is 23.0 Å². The van der Waals surface area contributed by atoms with Gasteiger partial charge in [-0.1, -0.05) is 0 Å². The number of nitrogens with one attached hydrogen (secondary N) is 2. The van der Waals surface area contributed by atoms with Crippen molar-refractivity contribution in [1.82, 2.24) is 0 Å². The molecule has 6 aromatic rings. The Kier molecular flexibility index (Phi) is 21.6. The zero-order valence-corrected chi connectivity index (χ0v) is 49.8. The number of carbonyl (C=O) groups excluding carboxylic acids is 1. The highest BCUT2D eigenvalue weighted by molar-refractivity contribution is 7.86. The molecule has 84 heavy (non-hydrogen) atoms. The lowest BCUT2D eigenvalue weighted by molar-refractivity contribution is 0.262. The zero-order valence-electron chi connectivity index (χ0n) is 46.5. The van der Waals surface area contributed by atoms with Gasteiger partial charge in [0.15, 0.2) is 0 Å². The predicted molar refractivity (Wildman–Crippen MR) is 311 cm³/mol. The molecule has 0 saturated carbocycles. The summed E-state index contributed by atoms with van der Waals surface area (Å²) in [6.45, 7) is 13.8. The second kappa shape index (κ2) is 27.9. The van der Waals surface area contributed by atoms with Crippen LogP contribution in [0.3, 0.4) is 0 Å². The third-order valence-electron chi connectivity index (χ3n) is 11.8. The maximum absolute atomic E-state index is 13.5. The first-order valence-electron chi connectivity index (χ1n) is 25.3. The summed E-state index contributed by atoms with van der Waals surface area (Å²) in [6, 6.07) is 19.9. The summed E-state index contributed by atoms with van der Waals surface area (Å²) in [5.74, 6) is -0.638. The molecule has 0 bridgehead atoms. The predicted octanol–water partition coefficient (Wildman–Crippen LogP) is 13.4. The van der Waals surface area contributed by atoms with E-state index < -0.39 is 67.8 Å². The molecule has 0 saturated heterocycles. The van der Waals surface area contributed by atoms with E-state index in [1.165, 1.54) is 36.4 Å². The number of anilines is 2. The molecular formula is C53H60N10O17S4. The van der Waals surface area contributed by atoms with E-state index in [1.807, 2.05) is 0 Å². The maximum atomic E-state index is 13.5. The van der Waals surface area contributed by atoms with Crippen LogP contribution in [0.4, 0.5) is 61.7 Å². The highest BCUT2D eigenvalue weighted by atomic mass is 32.2. The highest BCUT2D eigenvalue weighted by Gasteiger charge is 2.21. The normalized spacial score (nSPS) is 12.4. The molecule has 0 aliphatic rings. The van der Waals surface area contributed by atoms with Crippen molar-refractivity contribution < 1.29 is 75.6 Å². The number of urea groups is 1. The lowest BCUT2D eigenvalue weighted by Gasteiger charge is -2.14. The quantitative estimate of drug-likeness (QED) is 0.0167. The van der Waals surface area contributed by atoms with Crippen LogP contribution >= 0.6 is 0 Å². The van der Waals surface area contributed by atoms with Crippen molar-refractivity contribution in [3.63, 3.8) is 0 Å². The molecule has 6 N–H and O–H groups in total. The van der Waals surface area contributed by atoms with E-state index in [0.717, 1.165) is 12.1 Å². The number of azo groups is 4. The van der Waals surface area contributed by atoms with Gasteiger partial charge in [-0.3, -0.25) is 18.2 Å².